The van der Waals surface area contributed by atoms with Gasteiger partial charge in [-0.1, -0.05) is 12.1 Å². The summed E-state index contributed by atoms with van der Waals surface area (Å²) in [5.74, 6) is 1.88. The first-order valence-electron chi connectivity index (χ1n) is 5.56. The summed E-state index contributed by atoms with van der Waals surface area (Å²) in [5.41, 5.74) is 7.92. The minimum Gasteiger partial charge on any atom is -0.496 e. The summed E-state index contributed by atoms with van der Waals surface area (Å²) in [5, 5.41) is 0. The summed E-state index contributed by atoms with van der Waals surface area (Å²) in [7, 11) is 3.66. The van der Waals surface area contributed by atoms with Crippen LogP contribution in [0.15, 0.2) is 30.6 Å². The number of ether oxygens (including phenoxy) is 1. The van der Waals surface area contributed by atoms with Crippen molar-refractivity contribution in [1.29, 1.82) is 0 Å². The van der Waals surface area contributed by atoms with Crippen LogP contribution >= 0.6 is 0 Å². The fraction of sp³-hybridized carbons (Fsp3) is 0.308. The van der Waals surface area contributed by atoms with Crippen molar-refractivity contribution in [3.63, 3.8) is 0 Å². The van der Waals surface area contributed by atoms with Gasteiger partial charge >= 0.3 is 0 Å². The maximum absolute atomic E-state index is 5.70. The molecule has 0 aliphatic rings. The van der Waals surface area contributed by atoms with Gasteiger partial charge in [0.25, 0.3) is 0 Å². The molecule has 2 rings (SSSR count). The molecular weight excluding hydrogens is 214 g/mol. The van der Waals surface area contributed by atoms with Crippen LogP contribution in [-0.4, -0.2) is 16.7 Å². The van der Waals surface area contributed by atoms with E-state index in [0.29, 0.717) is 6.54 Å². The molecule has 0 unspecified atom stereocenters. The van der Waals surface area contributed by atoms with Crippen molar-refractivity contribution in [3.8, 4) is 5.75 Å². The van der Waals surface area contributed by atoms with Crippen LogP contribution in [0.4, 0.5) is 0 Å². The number of hydrogen-bond donors (Lipinski definition) is 1. The monoisotopic (exact) mass is 231 g/mol. The third-order valence-corrected chi connectivity index (χ3v) is 2.85. The molecule has 0 aliphatic carbocycles. The van der Waals surface area contributed by atoms with Crippen LogP contribution in [0.5, 0.6) is 5.75 Å². The molecule has 17 heavy (non-hydrogen) atoms. The van der Waals surface area contributed by atoms with E-state index >= 15 is 0 Å². The van der Waals surface area contributed by atoms with E-state index < -0.39 is 0 Å². The van der Waals surface area contributed by atoms with Gasteiger partial charge in [0, 0.05) is 38.0 Å². The first kappa shape index (κ1) is 11.7. The molecule has 90 valence electrons. The second kappa shape index (κ2) is 5.01. The van der Waals surface area contributed by atoms with Crippen LogP contribution < -0.4 is 10.5 Å². The van der Waals surface area contributed by atoms with E-state index in [0.717, 1.165) is 23.6 Å². The smallest absolute Gasteiger partial charge is 0.123 e. The maximum atomic E-state index is 5.70. The van der Waals surface area contributed by atoms with Gasteiger partial charge in [0.15, 0.2) is 0 Å². The van der Waals surface area contributed by atoms with Crippen molar-refractivity contribution < 1.29 is 4.74 Å². The summed E-state index contributed by atoms with van der Waals surface area (Å²) in [4.78, 5) is 4.31. The predicted molar refractivity (Wildman–Crippen MR) is 66.9 cm³/mol. The molecule has 0 saturated carbocycles. The van der Waals surface area contributed by atoms with Crippen LogP contribution in [-0.2, 0) is 20.0 Å². The van der Waals surface area contributed by atoms with Gasteiger partial charge in [0.05, 0.1) is 7.11 Å². The average molecular weight is 231 g/mol. The van der Waals surface area contributed by atoms with Crippen LogP contribution in [0, 0.1) is 0 Å². The lowest BCUT2D eigenvalue weighted by Gasteiger charge is -2.09. The van der Waals surface area contributed by atoms with Crippen LogP contribution in [0.3, 0.4) is 0 Å². The minimum atomic E-state index is 0.484. The Kier molecular flexibility index (Phi) is 3.44. The van der Waals surface area contributed by atoms with Gasteiger partial charge in [-0.15, -0.1) is 0 Å². The summed E-state index contributed by atoms with van der Waals surface area (Å²) < 4.78 is 7.27. The normalized spacial score (nSPS) is 10.5. The van der Waals surface area contributed by atoms with E-state index in [1.165, 1.54) is 5.56 Å². The molecule has 0 saturated heterocycles. The molecular formula is C13H17N3O. The second-order valence-corrected chi connectivity index (χ2v) is 3.98. The van der Waals surface area contributed by atoms with Gasteiger partial charge in [0.2, 0.25) is 0 Å². The second-order valence-electron chi connectivity index (χ2n) is 3.98. The molecule has 1 aromatic carbocycles. The zero-order chi connectivity index (χ0) is 12.3. The molecule has 0 fully saturated rings. The van der Waals surface area contributed by atoms with Gasteiger partial charge in [0.1, 0.15) is 11.6 Å². The Morgan fingerprint density at radius 2 is 2.24 bits per heavy atom. The van der Waals surface area contributed by atoms with Gasteiger partial charge in [-0.3, -0.25) is 0 Å². The van der Waals surface area contributed by atoms with E-state index in [-0.39, 0.29) is 0 Å². The third kappa shape index (κ3) is 2.47. The molecule has 1 aromatic heterocycles. The predicted octanol–water partition coefficient (Wildman–Crippen LogP) is 1.48. The summed E-state index contributed by atoms with van der Waals surface area (Å²) in [6.45, 7) is 0.484. The zero-order valence-corrected chi connectivity index (χ0v) is 10.2. The van der Waals surface area contributed by atoms with Crippen molar-refractivity contribution in [2.75, 3.05) is 7.11 Å². The van der Waals surface area contributed by atoms with Crippen LogP contribution in [0.25, 0.3) is 0 Å². The van der Waals surface area contributed by atoms with E-state index in [1.54, 1.807) is 7.11 Å². The SMILES string of the molecule is COc1ccc(Cc2nccn2C)cc1CN. The number of imidazole rings is 1. The molecule has 4 heteroatoms. The Labute approximate surface area is 101 Å². The molecule has 0 bridgehead atoms. The molecule has 0 radical (unpaired) electrons. The molecule has 2 N–H and O–H groups in total. The van der Waals surface area contributed by atoms with Crippen molar-refractivity contribution in [2.24, 2.45) is 12.8 Å². The molecule has 0 spiro atoms. The zero-order valence-electron chi connectivity index (χ0n) is 10.2. The van der Waals surface area contributed by atoms with Crippen molar-refractivity contribution in [1.82, 2.24) is 9.55 Å². The third-order valence-electron chi connectivity index (χ3n) is 2.85. The fourth-order valence-electron chi connectivity index (χ4n) is 1.85. The highest BCUT2D eigenvalue weighted by Crippen LogP contribution is 2.20. The van der Waals surface area contributed by atoms with Gasteiger partial charge in [-0.25, -0.2) is 4.98 Å². The van der Waals surface area contributed by atoms with Gasteiger partial charge in [-0.05, 0) is 11.6 Å². The Morgan fingerprint density at radius 1 is 1.41 bits per heavy atom. The Morgan fingerprint density at radius 3 is 2.82 bits per heavy atom. The van der Waals surface area contributed by atoms with Crippen molar-refractivity contribution in [2.45, 2.75) is 13.0 Å². The number of aryl methyl sites for hydroxylation is 1. The fourth-order valence-corrected chi connectivity index (χ4v) is 1.85. The number of nitrogens with two attached hydrogens (primary N) is 1. The lowest BCUT2D eigenvalue weighted by atomic mass is 10.1. The van der Waals surface area contributed by atoms with E-state index in [2.05, 4.69) is 11.1 Å². The molecule has 1 heterocycles. The number of methoxy groups -OCH3 is 1. The summed E-state index contributed by atoms with van der Waals surface area (Å²) in [6.07, 6.45) is 4.56. The van der Waals surface area contributed by atoms with Crippen molar-refractivity contribution >= 4 is 0 Å². The molecule has 2 aromatic rings. The molecule has 0 aliphatic heterocycles. The minimum absolute atomic E-state index is 0.484. The number of hydrogen-bond acceptors (Lipinski definition) is 3. The van der Waals surface area contributed by atoms with Crippen LogP contribution in [0.1, 0.15) is 17.0 Å². The Bertz CT molecular complexity index is 505. The highest BCUT2D eigenvalue weighted by Gasteiger charge is 2.05. The van der Waals surface area contributed by atoms with Crippen molar-refractivity contribution in [3.05, 3.63) is 47.5 Å². The molecule has 0 amide bonds. The Hall–Kier alpha value is -1.81. The first-order valence-corrected chi connectivity index (χ1v) is 5.56. The standard InChI is InChI=1S/C13H17N3O/c1-16-6-5-15-13(16)8-10-3-4-12(17-2)11(7-10)9-14/h3-7H,8-9,14H2,1-2H3. The number of rotatable bonds is 4. The number of aromatic nitrogens is 2. The highest BCUT2D eigenvalue weighted by atomic mass is 16.5. The number of nitrogens with zero attached hydrogens (tertiary/aromatic N) is 2. The number of benzene rings is 1. The summed E-state index contributed by atoms with van der Waals surface area (Å²) >= 11 is 0. The summed E-state index contributed by atoms with van der Waals surface area (Å²) in [6, 6.07) is 6.08. The molecule has 0 atom stereocenters. The topological polar surface area (TPSA) is 53.1 Å². The average Bonchev–Trinajstić information content (AvgIpc) is 2.75. The molecule has 4 nitrogen and oxygen atoms in total. The van der Waals surface area contributed by atoms with Gasteiger partial charge in [-0.2, -0.15) is 0 Å². The first-order chi connectivity index (χ1) is 8.24. The van der Waals surface area contributed by atoms with Crippen LogP contribution in [0.2, 0.25) is 0 Å². The maximum Gasteiger partial charge on any atom is 0.123 e. The van der Waals surface area contributed by atoms with Gasteiger partial charge < -0.3 is 15.0 Å². The van der Waals surface area contributed by atoms with E-state index in [1.807, 2.05) is 36.1 Å². The lowest BCUT2D eigenvalue weighted by Crippen LogP contribution is -2.03. The quantitative estimate of drug-likeness (QED) is 0.867. The van der Waals surface area contributed by atoms with E-state index in [9.17, 15) is 0 Å². The van der Waals surface area contributed by atoms with E-state index in [4.69, 9.17) is 10.5 Å². The highest BCUT2D eigenvalue weighted by molar-refractivity contribution is 5.38. The lowest BCUT2D eigenvalue weighted by molar-refractivity contribution is 0.409. The Balaban J connectivity index is 2.25. The largest absolute Gasteiger partial charge is 0.496 e.